The van der Waals surface area contributed by atoms with Gasteiger partial charge in [0.2, 0.25) is 5.95 Å². The molecule has 0 bridgehead atoms. The van der Waals surface area contributed by atoms with Gasteiger partial charge in [0.05, 0.1) is 12.9 Å². The van der Waals surface area contributed by atoms with Crippen LogP contribution >= 0.6 is 0 Å². The number of nitrogens with one attached hydrogen (secondary N) is 1. The number of aliphatic hydroxyl groups is 3. The predicted octanol–water partition coefficient (Wildman–Crippen LogP) is -0.536. The Morgan fingerprint density at radius 2 is 2.08 bits per heavy atom. The Bertz CT molecular complexity index is 816. The number of hydrazone groups is 1. The summed E-state index contributed by atoms with van der Waals surface area (Å²) in [6.07, 6.45) is -1.25. The van der Waals surface area contributed by atoms with E-state index in [0.717, 1.165) is 0 Å². The summed E-state index contributed by atoms with van der Waals surface area (Å²) in [5, 5.41) is 33.5. The Labute approximate surface area is 149 Å². The van der Waals surface area contributed by atoms with Crippen molar-refractivity contribution in [3.63, 3.8) is 0 Å². The molecule has 3 rings (SSSR count). The number of nitrogens with zero attached hydrogens (tertiary/aromatic N) is 5. The maximum absolute atomic E-state index is 10.2. The first-order valence-electron chi connectivity index (χ1n) is 8.14. The third kappa shape index (κ3) is 3.46. The number of imidazole rings is 1. The zero-order valence-electron chi connectivity index (χ0n) is 14.7. The molecule has 0 saturated carbocycles. The summed E-state index contributed by atoms with van der Waals surface area (Å²) in [5.74, 6) is 0.290. The first-order chi connectivity index (χ1) is 12.2. The van der Waals surface area contributed by atoms with Crippen molar-refractivity contribution in [2.75, 3.05) is 17.8 Å². The molecule has 26 heavy (non-hydrogen) atoms. The van der Waals surface area contributed by atoms with Crippen molar-refractivity contribution in [3.05, 3.63) is 6.33 Å². The van der Waals surface area contributed by atoms with Crippen molar-refractivity contribution in [3.8, 4) is 0 Å². The highest BCUT2D eigenvalue weighted by Gasteiger charge is 2.44. The lowest BCUT2D eigenvalue weighted by molar-refractivity contribution is -0.0511. The van der Waals surface area contributed by atoms with Crippen LogP contribution in [0.4, 0.5) is 11.8 Å². The number of anilines is 2. The van der Waals surface area contributed by atoms with Crippen LogP contribution in [-0.4, -0.2) is 66.0 Å². The summed E-state index contributed by atoms with van der Waals surface area (Å²) in [4.78, 5) is 12.6. The van der Waals surface area contributed by atoms with Crippen molar-refractivity contribution in [1.29, 1.82) is 0 Å². The molecule has 0 aliphatic carbocycles. The molecular formula is C15H23N7O4. The van der Waals surface area contributed by atoms with Crippen molar-refractivity contribution in [2.24, 2.45) is 10.5 Å². The summed E-state index contributed by atoms with van der Waals surface area (Å²) < 4.78 is 6.95. The van der Waals surface area contributed by atoms with Crippen molar-refractivity contribution in [2.45, 2.75) is 45.3 Å². The smallest absolute Gasteiger partial charge is 0.247 e. The van der Waals surface area contributed by atoms with Gasteiger partial charge in [-0.1, -0.05) is 20.8 Å². The van der Waals surface area contributed by atoms with Crippen LogP contribution in [0.3, 0.4) is 0 Å². The average molecular weight is 365 g/mol. The lowest BCUT2D eigenvalue weighted by Crippen LogP contribution is -2.33. The SMILES string of the molecule is CC(C)(C)/C=N/Nc1nc(N)c2ncn(C3OC(CO)C(O)C3O)c2n1. The number of aromatic nitrogens is 4. The van der Waals surface area contributed by atoms with Gasteiger partial charge in [-0.3, -0.25) is 4.57 Å². The minimum Gasteiger partial charge on any atom is -0.394 e. The van der Waals surface area contributed by atoms with E-state index in [1.165, 1.54) is 10.9 Å². The van der Waals surface area contributed by atoms with Gasteiger partial charge < -0.3 is 25.8 Å². The highest BCUT2D eigenvalue weighted by molar-refractivity contribution is 5.83. The van der Waals surface area contributed by atoms with E-state index in [1.807, 2.05) is 20.8 Å². The molecule has 2 aromatic rings. The van der Waals surface area contributed by atoms with Crippen LogP contribution in [0.25, 0.3) is 11.2 Å². The van der Waals surface area contributed by atoms with E-state index in [-0.39, 0.29) is 17.2 Å². The van der Waals surface area contributed by atoms with Gasteiger partial charge in [-0.15, -0.1) is 0 Å². The number of hydrogen-bond donors (Lipinski definition) is 5. The molecule has 4 unspecified atom stereocenters. The second kappa shape index (κ2) is 6.76. The lowest BCUT2D eigenvalue weighted by atomic mass is 9.99. The quantitative estimate of drug-likeness (QED) is 0.353. The number of nitrogens with two attached hydrogens (primary N) is 1. The average Bonchev–Trinajstić information content (AvgIpc) is 3.09. The summed E-state index contributed by atoms with van der Waals surface area (Å²) >= 11 is 0. The number of rotatable bonds is 4. The molecule has 0 amide bonds. The Morgan fingerprint density at radius 1 is 1.35 bits per heavy atom. The van der Waals surface area contributed by atoms with Crippen LogP contribution in [0.5, 0.6) is 0 Å². The summed E-state index contributed by atoms with van der Waals surface area (Å²) in [6.45, 7) is 5.56. The third-order valence-corrected chi connectivity index (χ3v) is 3.86. The summed E-state index contributed by atoms with van der Waals surface area (Å²) in [6, 6.07) is 0. The fourth-order valence-corrected chi connectivity index (χ4v) is 2.57. The third-order valence-electron chi connectivity index (χ3n) is 3.86. The van der Waals surface area contributed by atoms with Crippen LogP contribution < -0.4 is 11.2 Å². The number of ether oxygens (including phenoxy) is 1. The van der Waals surface area contributed by atoms with Crippen molar-refractivity contribution in [1.82, 2.24) is 19.5 Å². The van der Waals surface area contributed by atoms with Crippen molar-refractivity contribution >= 4 is 29.1 Å². The lowest BCUT2D eigenvalue weighted by Gasteiger charge is -2.16. The Hall–Kier alpha value is -2.34. The number of nitrogen functional groups attached to an aromatic ring is 1. The molecule has 1 aliphatic rings. The first-order valence-corrected chi connectivity index (χ1v) is 8.14. The second-order valence-corrected chi connectivity index (χ2v) is 7.22. The fraction of sp³-hybridized carbons (Fsp3) is 0.600. The standard InChI is InChI=1S/C15H23N7O4/c1-15(2,3)5-18-21-14-19-11(16)8-12(20-14)22(6-17-8)13-10(25)9(24)7(4-23)26-13/h5-7,9-10,13,23-25H,4H2,1-3H3,(H3,16,19,20,21)/b18-5+. The molecule has 142 valence electrons. The van der Waals surface area contributed by atoms with Crippen LogP contribution in [0, 0.1) is 5.41 Å². The van der Waals surface area contributed by atoms with E-state index in [2.05, 4.69) is 25.5 Å². The van der Waals surface area contributed by atoms with Crippen LogP contribution in [0.2, 0.25) is 0 Å². The number of aliphatic hydroxyl groups excluding tert-OH is 3. The van der Waals surface area contributed by atoms with Gasteiger partial charge >= 0.3 is 0 Å². The van der Waals surface area contributed by atoms with E-state index in [4.69, 9.17) is 10.5 Å². The molecule has 0 radical (unpaired) electrons. The van der Waals surface area contributed by atoms with E-state index in [9.17, 15) is 15.3 Å². The Balaban J connectivity index is 1.94. The molecule has 11 heteroatoms. The van der Waals surface area contributed by atoms with Crippen LogP contribution in [-0.2, 0) is 4.74 Å². The maximum atomic E-state index is 10.2. The van der Waals surface area contributed by atoms with E-state index in [1.54, 1.807) is 6.21 Å². The molecule has 2 aromatic heterocycles. The van der Waals surface area contributed by atoms with Gasteiger partial charge in [-0.2, -0.15) is 15.1 Å². The molecule has 0 spiro atoms. The van der Waals surface area contributed by atoms with Gasteiger partial charge in [0.1, 0.15) is 23.8 Å². The normalized spacial score (nSPS) is 26.8. The molecule has 4 atom stereocenters. The van der Waals surface area contributed by atoms with Gasteiger partial charge in [0.15, 0.2) is 17.7 Å². The molecular weight excluding hydrogens is 342 g/mol. The fourth-order valence-electron chi connectivity index (χ4n) is 2.57. The Kier molecular flexibility index (Phi) is 4.80. The second-order valence-electron chi connectivity index (χ2n) is 7.22. The largest absolute Gasteiger partial charge is 0.394 e. The highest BCUT2D eigenvalue weighted by atomic mass is 16.6. The number of hydrogen-bond acceptors (Lipinski definition) is 10. The minimum atomic E-state index is -1.25. The zero-order valence-corrected chi connectivity index (χ0v) is 14.7. The van der Waals surface area contributed by atoms with Gasteiger partial charge in [0, 0.05) is 6.21 Å². The molecule has 1 fully saturated rings. The zero-order chi connectivity index (χ0) is 19.1. The molecule has 6 N–H and O–H groups in total. The maximum Gasteiger partial charge on any atom is 0.247 e. The summed E-state index contributed by atoms with van der Waals surface area (Å²) in [7, 11) is 0. The van der Waals surface area contributed by atoms with E-state index >= 15 is 0 Å². The van der Waals surface area contributed by atoms with E-state index < -0.39 is 31.1 Å². The monoisotopic (exact) mass is 365 g/mol. The number of fused-ring (bicyclic) bond motifs is 1. The Morgan fingerprint density at radius 3 is 2.69 bits per heavy atom. The van der Waals surface area contributed by atoms with Gasteiger partial charge in [-0.05, 0) is 5.41 Å². The highest BCUT2D eigenvalue weighted by Crippen LogP contribution is 2.32. The molecule has 1 saturated heterocycles. The topological polar surface area (TPSA) is 164 Å². The molecule has 11 nitrogen and oxygen atoms in total. The van der Waals surface area contributed by atoms with Crippen LogP contribution in [0.1, 0.15) is 27.0 Å². The van der Waals surface area contributed by atoms with Crippen molar-refractivity contribution < 1.29 is 20.1 Å². The molecule has 3 heterocycles. The molecule has 1 aliphatic heterocycles. The summed E-state index contributed by atoms with van der Waals surface area (Å²) in [5.41, 5.74) is 9.16. The molecule has 0 aromatic carbocycles. The van der Waals surface area contributed by atoms with Crippen LogP contribution in [0.15, 0.2) is 11.4 Å². The first kappa shape index (κ1) is 18.5. The predicted molar refractivity (Wildman–Crippen MR) is 94.3 cm³/mol. The van der Waals surface area contributed by atoms with Gasteiger partial charge in [-0.25, -0.2) is 10.4 Å². The van der Waals surface area contributed by atoms with E-state index in [0.29, 0.717) is 11.2 Å². The minimum absolute atomic E-state index is 0.123. The van der Waals surface area contributed by atoms with Gasteiger partial charge in [0.25, 0.3) is 0 Å².